The second-order valence-electron chi connectivity index (χ2n) is 6.92. The number of carbonyl (C=O) groups is 2. The molecule has 2 aromatic carbocycles. The first-order valence-electron chi connectivity index (χ1n) is 9.29. The molecular weight excluding hydrogens is 466 g/mol. The molecule has 3 aromatic rings. The lowest BCUT2D eigenvalue weighted by atomic mass is 10.1. The predicted molar refractivity (Wildman–Crippen MR) is 122 cm³/mol. The summed E-state index contributed by atoms with van der Waals surface area (Å²) in [5, 5.41) is 10.1. The van der Waals surface area contributed by atoms with E-state index in [1.54, 1.807) is 17.7 Å². The number of nitrogens with one attached hydrogen (secondary N) is 2. The molecule has 0 radical (unpaired) electrons. The van der Waals surface area contributed by atoms with Crippen LogP contribution in [0.5, 0.6) is 0 Å². The van der Waals surface area contributed by atoms with Crippen molar-refractivity contribution in [1.82, 2.24) is 19.7 Å². The number of amides is 2. The summed E-state index contributed by atoms with van der Waals surface area (Å²) < 4.78 is 4.49. The molecule has 156 valence electrons. The number of hydrogen-bond acceptors (Lipinski definition) is 4. The number of nitrogens with zero attached hydrogens (tertiary/aromatic N) is 3. The van der Waals surface area contributed by atoms with Crippen LogP contribution in [0.25, 0.3) is 0 Å². The van der Waals surface area contributed by atoms with Crippen molar-refractivity contribution in [1.29, 1.82) is 0 Å². The highest BCUT2D eigenvalue weighted by Crippen LogP contribution is 2.20. The zero-order valence-corrected chi connectivity index (χ0v) is 19.3. The second-order valence-corrected chi connectivity index (χ2v) is 8.20. The van der Waals surface area contributed by atoms with Crippen molar-refractivity contribution in [2.24, 2.45) is 7.05 Å². The topological polar surface area (TPSA) is 81.0 Å². The third kappa shape index (κ3) is 5.03. The molecule has 0 atom stereocenters. The Hall–Kier alpha value is -2.78. The SMILES string of the molecule is Cc1cc(Br)ccc1NC(=O)Cn1nc(CNC(=O)c2ccccc2C)n(C)c1=S. The molecule has 0 fully saturated rings. The second kappa shape index (κ2) is 9.36. The highest BCUT2D eigenvalue weighted by molar-refractivity contribution is 9.10. The summed E-state index contributed by atoms with van der Waals surface area (Å²) >= 11 is 8.81. The fourth-order valence-corrected chi connectivity index (χ4v) is 3.65. The van der Waals surface area contributed by atoms with Gasteiger partial charge in [-0.2, -0.15) is 5.10 Å². The van der Waals surface area contributed by atoms with E-state index in [-0.39, 0.29) is 24.9 Å². The van der Waals surface area contributed by atoms with Crippen LogP contribution in [0.2, 0.25) is 0 Å². The Balaban J connectivity index is 1.67. The standard InChI is InChI=1S/C21H22BrN5O2S/c1-13-6-4-5-7-16(13)20(29)23-11-18-25-27(21(30)26(18)3)12-19(28)24-17-9-8-15(22)10-14(17)2/h4-10H,11-12H2,1-3H3,(H,23,29)(H,24,28). The lowest BCUT2D eigenvalue weighted by Crippen LogP contribution is -2.25. The fraction of sp³-hybridized carbons (Fsp3) is 0.238. The number of hydrogen-bond donors (Lipinski definition) is 2. The number of benzene rings is 2. The summed E-state index contributed by atoms with van der Waals surface area (Å²) in [6.45, 7) is 3.99. The predicted octanol–water partition coefficient (Wildman–Crippen LogP) is 3.90. The molecule has 7 nitrogen and oxygen atoms in total. The van der Waals surface area contributed by atoms with Gasteiger partial charge in [0.15, 0.2) is 10.6 Å². The molecule has 0 aliphatic heterocycles. The molecular formula is C21H22BrN5O2S. The summed E-state index contributed by atoms with van der Waals surface area (Å²) in [5.41, 5.74) is 3.19. The van der Waals surface area contributed by atoms with Gasteiger partial charge in [0, 0.05) is 22.8 Å². The van der Waals surface area contributed by atoms with Gasteiger partial charge in [-0.05, 0) is 61.5 Å². The Morgan fingerprint density at radius 3 is 2.57 bits per heavy atom. The van der Waals surface area contributed by atoms with E-state index in [9.17, 15) is 9.59 Å². The van der Waals surface area contributed by atoms with E-state index < -0.39 is 0 Å². The minimum absolute atomic E-state index is 0.0199. The first-order chi connectivity index (χ1) is 14.3. The van der Waals surface area contributed by atoms with E-state index in [0.717, 1.165) is 21.3 Å². The molecule has 0 bridgehead atoms. The van der Waals surface area contributed by atoms with Crippen LogP contribution < -0.4 is 10.6 Å². The van der Waals surface area contributed by atoms with Crippen molar-refractivity contribution in [2.75, 3.05) is 5.32 Å². The van der Waals surface area contributed by atoms with Crippen LogP contribution in [0, 0.1) is 18.6 Å². The molecule has 0 unspecified atom stereocenters. The highest BCUT2D eigenvalue weighted by Gasteiger charge is 2.14. The average molecular weight is 488 g/mol. The van der Waals surface area contributed by atoms with E-state index in [0.29, 0.717) is 16.2 Å². The molecule has 1 aromatic heterocycles. The van der Waals surface area contributed by atoms with Gasteiger partial charge >= 0.3 is 0 Å². The number of aromatic nitrogens is 3. The van der Waals surface area contributed by atoms with Crippen molar-refractivity contribution in [2.45, 2.75) is 26.9 Å². The first-order valence-corrected chi connectivity index (χ1v) is 10.5. The molecule has 3 rings (SSSR count). The van der Waals surface area contributed by atoms with Crippen molar-refractivity contribution in [3.63, 3.8) is 0 Å². The number of anilines is 1. The normalized spacial score (nSPS) is 10.7. The van der Waals surface area contributed by atoms with Gasteiger partial charge in [0.25, 0.3) is 5.91 Å². The van der Waals surface area contributed by atoms with Gasteiger partial charge in [-0.1, -0.05) is 34.1 Å². The minimum Gasteiger partial charge on any atom is -0.345 e. The van der Waals surface area contributed by atoms with Crippen LogP contribution in [0.15, 0.2) is 46.9 Å². The van der Waals surface area contributed by atoms with Crippen molar-refractivity contribution < 1.29 is 9.59 Å². The zero-order valence-electron chi connectivity index (χ0n) is 16.9. The zero-order chi connectivity index (χ0) is 21.8. The van der Waals surface area contributed by atoms with Gasteiger partial charge in [0.2, 0.25) is 5.91 Å². The third-order valence-corrected chi connectivity index (χ3v) is 5.66. The molecule has 0 aliphatic carbocycles. The van der Waals surface area contributed by atoms with E-state index in [2.05, 4.69) is 31.7 Å². The number of rotatable bonds is 6. The number of halogens is 1. The van der Waals surface area contributed by atoms with Crippen molar-refractivity contribution in [3.05, 3.63) is 74.2 Å². The van der Waals surface area contributed by atoms with Gasteiger partial charge in [0.05, 0.1) is 6.54 Å². The summed E-state index contributed by atoms with van der Waals surface area (Å²) in [4.78, 5) is 24.9. The van der Waals surface area contributed by atoms with Gasteiger partial charge < -0.3 is 15.2 Å². The Morgan fingerprint density at radius 1 is 1.13 bits per heavy atom. The van der Waals surface area contributed by atoms with E-state index in [1.807, 2.05) is 50.2 Å². The molecule has 30 heavy (non-hydrogen) atoms. The van der Waals surface area contributed by atoms with Crippen LogP contribution >= 0.6 is 28.1 Å². The van der Waals surface area contributed by atoms with Gasteiger partial charge in [0.1, 0.15) is 6.54 Å². The van der Waals surface area contributed by atoms with E-state index >= 15 is 0 Å². The minimum atomic E-state index is -0.231. The summed E-state index contributed by atoms with van der Waals surface area (Å²) in [6, 6.07) is 13.0. The molecule has 2 N–H and O–H groups in total. The smallest absolute Gasteiger partial charge is 0.251 e. The van der Waals surface area contributed by atoms with Crippen LogP contribution in [0.4, 0.5) is 5.69 Å². The van der Waals surface area contributed by atoms with Crippen LogP contribution in [0.1, 0.15) is 27.3 Å². The Morgan fingerprint density at radius 2 is 1.87 bits per heavy atom. The Bertz CT molecular complexity index is 1170. The Kier molecular flexibility index (Phi) is 6.84. The molecule has 0 spiro atoms. The van der Waals surface area contributed by atoms with E-state index in [1.165, 1.54) is 4.68 Å². The molecule has 1 heterocycles. The summed E-state index contributed by atoms with van der Waals surface area (Å²) in [6.07, 6.45) is 0. The largest absolute Gasteiger partial charge is 0.345 e. The van der Waals surface area contributed by atoms with Gasteiger partial charge in [-0.3, -0.25) is 9.59 Å². The molecule has 0 saturated carbocycles. The maximum atomic E-state index is 12.5. The van der Waals surface area contributed by atoms with Crippen LogP contribution in [0.3, 0.4) is 0 Å². The molecule has 0 aliphatic rings. The quantitative estimate of drug-likeness (QED) is 0.516. The van der Waals surface area contributed by atoms with E-state index in [4.69, 9.17) is 12.2 Å². The highest BCUT2D eigenvalue weighted by atomic mass is 79.9. The third-order valence-electron chi connectivity index (χ3n) is 4.68. The lowest BCUT2D eigenvalue weighted by Gasteiger charge is -2.08. The molecule has 9 heteroatoms. The van der Waals surface area contributed by atoms with Crippen molar-refractivity contribution in [3.8, 4) is 0 Å². The van der Waals surface area contributed by atoms with Crippen molar-refractivity contribution >= 4 is 45.6 Å². The Labute approximate surface area is 188 Å². The maximum Gasteiger partial charge on any atom is 0.251 e. The lowest BCUT2D eigenvalue weighted by molar-refractivity contribution is -0.116. The maximum absolute atomic E-state index is 12.5. The first kappa shape index (κ1) is 21.9. The number of carbonyl (C=O) groups excluding carboxylic acids is 2. The molecule has 0 saturated heterocycles. The number of aryl methyl sites for hydroxylation is 2. The van der Waals surface area contributed by atoms with Gasteiger partial charge in [-0.15, -0.1) is 0 Å². The summed E-state index contributed by atoms with van der Waals surface area (Å²) in [7, 11) is 1.76. The van der Waals surface area contributed by atoms with Crippen LogP contribution in [-0.4, -0.2) is 26.2 Å². The fourth-order valence-electron chi connectivity index (χ4n) is 2.96. The monoisotopic (exact) mass is 487 g/mol. The van der Waals surface area contributed by atoms with Gasteiger partial charge in [-0.25, -0.2) is 4.68 Å². The molecule has 2 amide bonds. The average Bonchev–Trinajstić information content (AvgIpc) is 2.96. The summed E-state index contributed by atoms with van der Waals surface area (Å²) in [5.74, 6) is 0.150. The van der Waals surface area contributed by atoms with Crippen LogP contribution in [-0.2, 0) is 24.9 Å².